The van der Waals surface area contributed by atoms with Crippen molar-refractivity contribution in [1.82, 2.24) is 19.6 Å². The maximum absolute atomic E-state index is 12.4. The fourth-order valence-corrected chi connectivity index (χ4v) is 3.05. The van der Waals surface area contributed by atoms with E-state index in [0.29, 0.717) is 34.9 Å². The van der Waals surface area contributed by atoms with Crippen LogP contribution in [0.25, 0.3) is 27.5 Å². The number of aryl methyl sites for hydroxylation is 1. The molecule has 0 radical (unpaired) electrons. The molecule has 0 saturated carbocycles. The lowest BCUT2D eigenvalue weighted by Gasteiger charge is -2.05. The highest BCUT2D eigenvalue weighted by atomic mass is 16.5. The summed E-state index contributed by atoms with van der Waals surface area (Å²) in [6, 6.07) is 5.74. The third-order valence-electron chi connectivity index (χ3n) is 4.13. The number of nitrogens with zero attached hydrogens (tertiary/aromatic N) is 3. The van der Waals surface area contributed by atoms with Crippen LogP contribution in [-0.4, -0.2) is 39.3 Å². The van der Waals surface area contributed by atoms with E-state index in [4.69, 9.17) is 9.47 Å². The van der Waals surface area contributed by atoms with E-state index in [-0.39, 0.29) is 5.97 Å². The van der Waals surface area contributed by atoms with Gasteiger partial charge in [0.15, 0.2) is 5.65 Å². The fourth-order valence-electron chi connectivity index (χ4n) is 3.05. The van der Waals surface area contributed by atoms with Crippen molar-refractivity contribution in [2.75, 3.05) is 13.7 Å². The van der Waals surface area contributed by atoms with E-state index < -0.39 is 0 Å². The van der Waals surface area contributed by atoms with Crippen LogP contribution in [-0.2, 0) is 4.74 Å². The van der Waals surface area contributed by atoms with Crippen molar-refractivity contribution in [1.29, 1.82) is 0 Å². The molecule has 0 spiro atoms. The molecule has 0 unspecified atom stereocenters. The minimum atomic E-state index is -0.386. The standard InChI is InChI=1S/C17H16N4O3/c1-4-24-17(22)11-8-21-9(2)19-20-16(21)13-10-6-5-7-12(23-3)14(10)18-15(11)13/h5-8,18H,4H2,1-3H3. The molecule has 0 saturated heterocycles. The van der Waals surface area contributed by atoms with Crippen molar-refractivity contribution < 1.29 is 14.3 Å². The van der Waals surface area contributed by atoms with E-state index in [1.807, 2.05) is 25.1 Å². The molecule has 0 fully saturated rings. The molecule has 0 aliphatic heterocycles. The average molecular weight is 324 g/mol. The summed E-state index contributed by atoms with van der Waals surface area (Å²) >= 11 is 0. The lowest BCUT2D eigenvalue weighted by molar-refractivity contribution is 0.0528. The van der Waals surface area contributed by atoms with Crippen molar-refractivity contribution in [3.05, 3.63) is 35.8 Å². The molecule has 7 heteroatoms. The molecule has 0 bridgehead atoms. The van der Waals surface area contributed by atoms with E-state index in [2.05, 4.69) is 15.2 Å². The van der Waals surface area contributed by atoms with Crippen LogP contribution >= 0.6 is 0 Å². The molecule has 24 heavy (non-hydrogen) atoms. The number of rotatable bonds is 3. The van der Waals surface area contributed by atoms with Crippen LogP contribution in [0.15, 0.2) is 24.4 Å². The summed E-state index contributed by atoms with van der Waals surface area (Å²) in [6.45, 7) is 3.94. The Labute approximate surface area is 137 Å². The molecular formula is C17H16N4O3. The van der Waals surface area contributed by atoms with Gasteiger partial charge in [0.1, 0.15) is 17.1 Å². The van der Waals surface area contributed by atoms with Gasteiger partial charge in [-0.05, 0) is 19.9 Å². The van der Waals surface area contributed by atoms with Crippen LogP contribution in [0.4, 0.5) is 0 Å². The monoisotopic (exact) mass is 324 g/mol. The van der Waals surface area contributed by atoms with Gasteiger partial charge in [-0.25, -0.2) is 4.79 Å². The van der Waals surface area contributed by atoms with Gasteiger partial charge in [-0.15, -0.1) is 10.2 Å². The smallest absolute Gasteiger partial charge is 0.341 e. The number of carbonyl (C=O) groups is 1. The van der Waals surface area contributed by atoms with E-state index in [0.717, 1.165) is 16.3 Å². The molecular weight excluding hydrogens is 308 g/mol. The molecule has 4 rings (SSSR count). The number of nitrogens with one attached hydrogen (secondary N) is 1. The molecule has 4 aromatic rings. The van der Waals surface area contributed by atoms with Crippen LogP contribution < -0.4 is 4.74 Å². The number of H-pyrrole nitrogens is 1. The number of aromatic nitrogens is 4. The zero-order valence-electron chi connectivity index (χ0n) is 13.6. The largest absolute Gasteiger partial charge is 0.495 e. The zero-order valence-corrected chi connectivity index (χ0v) is 13.6. The highest BCUT2D eigenvalue weighted by Crippen LogP contribution is 2.35. The number of para-hydroxylation sites is 1. The second-order valence-corrected chi connectivity index (χ2v) is 5.46. The highest BCUT2D eigenvalue weighted by Gasteiger charge is 2.21. The predicted molar refractivity (Wildman–Crippen MR) is 89.6 cm³/mol. The van der Waals surface area contributed by atoms with Gasteiger partial charge in [-0.1, -0.05) is 12.1 Å². The molecule has 0 atom stereocenters. The lowest BCUT2D eigenvalue weighted by atomic mass is 10.1. The predicted octanol–water partition coefficient (Wildman–Crippen LogP) is 2.86. The van der Waals surface area contributed by atoms with Crippen LogP contribution in [0, 0.1) is 6.92 Å². The number of hydrogen-bond acceptors (Lipinski definition) is 5. The molecule has 1 aromatic carbocycles. The van der Waals surface area contributed by atoms with Crippen molar-refractivity contribution in [3.63, 3.8) is 0 Å². The second-order valence-electron chi connectivity index (χ2n) is 5.46. The SMILES string of the molecule is CCOC(=O)c1cn2c(C)nnc2c2c1[nH]c1c(OC)cccc12. The van der Waals surface area contributed by atoms with Crippen molar-refractivity contribution in [2.24, 2.45) is 0 Å². The Morgan fingerprint density at radius 1 is 1.29 bits per heavy atom. The van der Waals surface area contributed by atoms with E-state index >= 15 is 0 Å². The normalized spacial score (nSPS) is 11.5. The number of fused-ring (bicyclic) bond motifs is 5. The fraction of sp³-hybridized carbons (Fsp3) is 0.235. The van der Waals surface area contributed by atoms with E-state index in [1.165, 1.54) is 0 Å². The van der Waals surface area contributed by atoms with Gasteiger partial charge in [-0.3, -0.25) is 4.40 Å². The first-order valence-corrected chi connectivity index (χ1v) is 7.65. The molecule has 0 aliphatic rings. The summed E-state index contributed by atoms with van der Waals surface area (Å²) in [5.41, 5.74) is 2.62. The van der Waals surface area contributed by atoms with E-state index in [1.54, 1.807) is 24.6 Å². The first kappa shape index (κ1) is 14.5. The molecule has 7 nitrogen and oxygen atoms in total. The zero-order chi connectivity index (χ0) is 16.8. The molecule has 1 N–H and O–H groups in total. The Hall–Kier alpha value is -3.09. The maximum atomic E-state index is 12.4. The Morgan fingerprint density at radius 3 is 2.88 bits per heavy atom. The van der Waals surface area contributed by atoms with Gasteiger partial charge in [0, 0.05) is 11.6 Å². The molecule has 3 heterocycles. The van der Waals surface area contributed by atoms with Crippen molar-refractivity contribution in [3.8, 4) is 5.75 Å². The van der Waals surface area contributed by atoms with Gasteiger partial charge in [0.2, 0.25) is 0 Å². The Morgan fingerprint density at radius 2 is 2.12 bits per heavy atom. The van der Waals surface area contributed by atoms with Crippen molar-refractivity contribution in [2.45, 2.75) is 13.8 Å². The third kappa shape index (κ3) is 1.87. The second kappa shape index (κ2) is 5.23. The van der Waals surface area contributed by atoms with Gasteiger partial charge >= 0.3 is 5.97 Å². The van der Waals surface area contributed by atoms with Crippen LogP contribution in [0.1, 0.15) is 23.1 Å². The lowest BCUT2D eigenvalue weighted by Crippen LogP contribution is -2.07. The number of ether oxygens (including phenoxy) is 2. The first-order chi connectivity index (χ1) is 11.7. The van der Waals surface area contributed by atoms with Gasteiger partial charge in [0.05, 0.1) is 30.1 Å². The van der Waals surface area contributed by atoms with Gasteiger partial charge in [-0.2, -0.15) is 0 Å². The molecule has 122 valence electrons. The minimum absolute atomic E-state index is 0.309. The summed E-state index contributed by atoms with van der Waals surface area (Å²) < 4.78 is 12.4. The minimum Gasteiger partial charge on any atom is -0.495 e. The summed E-state index contributed by atoms with van der Waals surface area (Å²) in [4.78, 5) is 15.7. The Balaban J connectivity index is 2.21. The number of hydrogen-bond donors (Lipinski definition) is 1. The maximum Gasteiger partial charge on any atom is 0.341 e. The number of esters is 1. The Bertz CT molecular complexity index is 1090. The highest BCUT2D eigenvalue weighted by molar-refractivity contribution is 6.19. The van der Waals surface area contributed by atoms with Crippen LogP contribution in [0.3, 0.4) is 0 Å². The van der Waals surface area contributed by atoms with Gasteiger partial charge in [0.25, 0.3) is 0 Å². The quantitative estimate of drug-likeness (QED) is 0.586. The molecule has 0 aliphatic carbocycles. The molecule has 0 amide bonds. The number of pyridine rings is 1. The summed E-state index contributed by atoms with van der Waals surface area (Å²) in [5.74, 6) is 1.02. The Kier molecular flexibility index (Phi) is 3.16. The summed E-state index contributed by atoms with van der Waals surface area (Å²) in [5, 5.41) is 10.2. The summed E-state index contributed by atoms with van der Waals surface area (Å²) in [7, 11) is 1.61. The average Bonchev–Trinajstić information content (AvgIpc) is 3.14. The number of benzene rings is 1. The van der Waals surface area contributed by atoms with Gasteiger partial charge < -0.3 is 14.5 Å². The number of aromatic amines is 1. The molecule has 3 aromatic heterocycles. The number of carbonyl (C=O) groups excluding carboxylic acids is 1. The van der Waals surface area contributed by atoms with Crippen molar-refractivity contribution >= 4 is 33.4 Å². The van der Waals surface area contributed by atoms with E-state index in [9.17, 15) is 4.79 Å². The summed E-state index contributed by atoms with van der Waals surface area (Å²) in [6.07, 6.45) is 1.72. The van der Waals surface area contributed by atoms with Crippen LogP contribution in [0.2, 0.25) is 0 Å². The first-order valence-electron chi connectivity index (χ1n) is 7.65. The number of methoxy groups -OCH3 is 1. The topological polar surface area (TPSA) is 81.5 Å². The van der Waals surface area contributed by atoms with Crippen LogP contribution in [0.5, 0.6) is 5.75 Å². The third-order valence-corrected chi connectivity index (χ3v) is 4.13.